The molecule has 0 radical (unpaired) electrons. The first-order valence-electron chi connectivity index (χ1n) is 9.35. The summed E-state index contributed by atoms with van der Waals surface area (Å²) in [6, 6.07) is 6.55. The molecule has 0 unspecified atom stereocenters. The van der Waals surface area contributed by atoms with Crippen molar-refractivity contribution in [2.24, 2.45) is 4.99 Å². The zero-order valence-electron chi connectivity index (χ0n) is 16.7. The topological polar surface area (TPSA) is 42.7 Å². The Kier molecular flexibility index (Phi) is 5.91. The average Bonchev–Trinajstić information content (AvgIpc) is 3.07. The molecule has 5 heteroatoms. The van der Waals surface area contributed by atoms with Crippen molar-refractivity contribution < 1.29 is 4.74 Å². The number of nitrogens with zero attached hydrogens (tertiary/aromatic N) is 4. The maximum Gasteiger partial charge on any atom is 0.0974 e. The number of rotatable bonds is 5. The Bertz CT molecular complexity index is 886. The second-order valence-electron chi connectivity index (χ2n) is 6.83. The lowest BCUT2D eigenvalue weighted by Crippen LogP contribution is -2.36. The Hall–Kier alpha value is -2.66. The minimum Gasteiger partial charge on any atom is -0.378 e. The molecule has 0 atom stereocenters. The summed E-state index contributed by atoms with van der Waals surface area (Å²) in [7, 11) is 0. The standard InChI is InChI=1S/C22H28N4O/c1-6-7-20(18(4)23-5)22-17(3)15-26(24-22)21-9-8-19(14-16(21)2)25-10-12-27-13-11-25/h6-9,14-15H,5,10-13H2,1-4H3/b7-6-,20-18+. The van der Waals surface area contributed by atoms with Crippen LogP contribution in [-0.4, -0.2) is 42.8 Å². The predicted molar refractivity (Wildman–Crippen MR) is 113 cm³/mol. The van der Waals surface area contributed by atoms with Gasteiger partial charge in [-0.25, -0.2) is 4.68 Å². The van der Waals surface area contributed by atoms with Gasteiger partial charge in [-0.2, -0.15) is 5.10 Å². The van der Waals surface area contributed by atoms with Crippen LogP contribution < -0.4 is 4.90 Å². The third-order valence-electron chi connectivity index (χ3n) is 4.92. The van der Waals surface area contributed by atoms with Crippen LogP contribution in [0.1, 0.15) is 30.7 Å². The Morgan fingerprint density at radius 3 is 2.59 bits per heavy atom. The van der Waals surface area contributed by atoms with Crippen LogP contribution in [0.15, 0.2) is 47.2 Å². The summed E-state index contributed by atoms with van der Waals surface area (Å²) in [4.78, 5) is 6.47. The largest absolute Gasteiger partial charge is 0.378 e. The van der Waals surface area contributed by atoms with Crippen molar-refractivity contribution in [3.8, 4) is 5.69 Å². The molecule has 0 N–H and O–H groups in total. The molecule has 0 amide bonds. The van der Waals surface area contributed by atoms with E-state index in [1.807, 2.05) is 30.7 Å². The summed E-state index contributed by atoms with van der Waals surface area (Å²) in [5.41, 5.74) is 7.46. The van der Waals surface area contributed by atoms with E-state index in [4.69, 9.17) is 9.84 Å². The average molecular weight is 364 g/mol. The van der Waals surface area contributed by atoms with Crippen LogP contribution in [0.4, 0.5) is 5.69 Å². The summed E-state index contributed by atoms with van der Waals surface area (Å²) >= 11 is 0. The molecule has 1 aliphatic rings. The number of aliphatic imine (C=N–C) groups is 1. The summed E-state index contributed by atoms with van der Waals surface area (Å²) in [6.07, 6.45) is 6.12. The number of hydrogen-bond acceptors (Lipinski definition) is 4. The van der Waals surface area contributed by atoms with Crippen LogP contribution in [0.25, 0.3) is 11.3 Å². The van der Waals surface area contributed by atoms with Crippen molar-refractivity contribution in [3.05, 3.63) is 59.1 Å². The van der Waals surface area contributed by atoms with Crippen LogP contribution in [-0.2, 0) is 4.74 Å². The summed E-state index contributed by atoms with van der Waals surface area (Å²) in [6.45, 7) is 15.3. The normalized spacial score (nSPS) is 15.9. The van der Waals surface area contributed by atoms with Crippen LogP contribution in [0.3, 0.4) is 0 Å². The Morgan fingerprint density at radius 1 is 1.22 bits per heavy atom. The molecule has 5 nitrogen and oxygen atoms in total. The molecule has 0 aliphatic carbocycles. The van der Waals surface area contributed by atoms with E-state index in [0.29, 0.717) is 0 Å². The molecule has 0 spiro atoms. The van der Waals surface area contributed by atoms with E-state index in [1.165, 1.54) is 11.3 Å². The molecule has 1 saturated heterocycles. The lowest BCUT2D eigenvalue weighted by atomic mass is 10.1. The number of aromatic nitrogens is 2. The molecule has 0 bridgehead atoms. The van der Waals surface area contributed by atoms with Gasteiger partial charge >= 0.3 is 0 Å². The quantitative estimate of drug-likeness (QED) is 0.586. The Balaban J connectivity index is 1.97. The maximum atomic E-state index is 5.45. The van der Waals surface area contributed by atoms with Gasteiger partial charge in [0.2, 0.25) is 0 Å². The Morgan fingerprint density at radius 2 is 1.96 bits per heavy atom. The van der Waals surface area contributed by atoms with Crippen molar-refractivity contribution in [1.29, 1.82) is 0 Å². The highest BCUT2D eigenvalue weighted by molar-refractivity contribution is 5.76. The van der Waals surface area contributed by atoms with Crippen molar-refractivity contribution >= 4 is 18.0 Å². The van der Waals surface area contributed by atoms with E-state index < -0.39 is 0 Å². The van der Waals surface area contributed by atoms with Gasteiger partial charge in [0.25, 0.3) is 0 Å². The highest BCUT2D eigenvalue weighted by atomic mass is 16.5. The molecule has 3 rings (SSSR count). The molecule has 1 fully saturated rings. The second kappa shape index (κ2) is 8.35. The zero-order chi connectivity index (χ0) is 19.4. The van der Waals surface area contributed by atoms with E-state index in [0.717, 1.165) is 54.5 Å². The first-order chi connectivity index (χ1) is 13.0. The van der Waals surface area contributed by atoms with Crippen LogP contribution >= 0.6 is 0 Å². The molecule has 1 aromatic carbocycles. The van der Waals surface area contributed by atoms with Crippen LogP contribution in [0.2, 0.25) is 0 Å². The van der Waals surface area contributed by atoms with Gasteiger partial charge in [0.1, 0.15) is 0 Å². The minimum atomic E-state index is 0.791. The fourth-order valence-electron chi connectivity index (χ4n) is 3.39. The van der Waals surface area contributed by atoms with Gasteiger partial charge in [-0.05, 0) is 63.7 Å². The predicted octanol–water partition coefficient (Wildman–Crippen LogP) is 4.33. The lowest BCUT2D eigenvalue weighted by Gasteiger charge is -2.29. The van der Waals surface area contributed by atoms with Crippen LogP contribution in [0, 0.1) is 13.8 Å². The maximum absolute atomic E-state index is 5.45. The molecule has 27 heavy (non-hydrogen) atoms. The zero-order valence-corrected chi connectivity index (χ0v) is 16.7. The fraction of sp³-hybridized carbons (Fsp3) is 0.364. The molecule has 1 aromatic heterocycles. The molecule has 2 aromatic rings. The monoisotopic (exact) mass is 364 g/mol. The number of hydrogen-bond donors (Lipinski definition) is 0. The van der Waals surface area contributed by atoms with Crippen molar-refractivity contribution in [2.75, 3.05) is 31.2 Å². The van der Waals surface area contributed by atoms with Gasteiger partial charge in [0, 0.05) is 36.2 Å². The number of morpholine rings is 1. The Labute approximate surface area is 161 Å². The number of anilines is 1. The van der Waals surface area contributed by atoms with Gasteiger partial charge in [-0.3, -0.25) is 4.99 Å². The summed E-state index contributed by atoms with van der Waals surface area (Å²) in [5, 5.41) is 4.86. The van der Waals surface area contributed by atoms with Gasteiger partial charge < -0.3 is 9.64 Å². The highest BCUT2D eigenvalue weighted by Crippen LogP contribution is 2.27. The first kappa shape index (κ1) is 19.1. The lowest BCUT2D eigenvalue weighted by molar-refractivity contribution is 0.122. The number of benzene rings is 1. The van der Waals surface area contributed by atoms with Crippen LogP contribution in [0.5, 0.6) is 0 Å². The van der Waals surface area contributed by atoms with E-state index in [-0.39, 0.29) is 0 Å². The molecule has 2 heterocycles. The molecule has 142 valence electrons. The summed E-state index contributed by atoms with van der Waals surface area (Å²) < 4.78 is 7.41. The number of aryl methyl sites for hydroxylation is 2. The van der Waals surface area contributed by atoms with Gasteiger partial charge in [-0.1, -0.05) is 12.2 Å². The minimum absolute atomic E-state index is 0.791. The number of allylic oxidation sites excluding steroid dienone is 4. The number of ether oxygens (including phenoxy) is 1. The van der Waals surface area contributed by atoms with E-state index in [9.17, 15) is 0 Å². The van der Waals surface area contributed by atoms with Crippen molar-refractivity contribution in [1.82, 2.24) is 9.78 Å². The van der Waals surface area contributed by atoms with E-state index in [1.54, 1.807) is 0 Å². The first-order valence-corrected chi connectivity index (χ1v) is 9.35. The summed E-state index contributed by atoms with van der Waals surface area (Å²) in [5.74, 6) is 0. The SMILES string of the molecule is C=N/C(C)=C(\C=C/C)c1nn(-c2ccc(N3CCOCC3)cc2C)cc1C. The fourth-order valence-corrected chi connectivity index (χ4v) is 3.39. The van der Waals surface area contributed by atoms with Crippen molar-refractivity contribution in [2.45, 2.75) is 27.7 Å². The molecule has 1 aliphatic heterocycles. The van der Waals surface area contributed by atoms with Gasteiger partial charge in [0.05, 0.1) is 24.6 Å². The van der Waals surface area contributed by atoms with Gasteiger partial charge in [-0.15, -0.1) is 0 Å². The molecular formula is C22H28N4O. The second-order valence-corrected chi connectivity index (χ2v) is 6.83. The molecular weight excluding hydrogens is 336 g/mol. The molecule has 0 saturated carbocycles. The van der Waals surface area contributed by atoms with E-state index in [2.05, 4.69) is 54.9 Å². The smallest absolute Gasteiger partial charge is 0.0974 e. The third-order valence-corrected chi connectivity index (χ3v) is 4.92. The van der Waals surface area contributed by atoms with Gasteiger partial charge in [0.15, 0.2) is 0 Å². The third kappa shape index (κ3) is 4.03. The highest BCUT2D eigenvalue weighted by Gasteiger charge is 2.15. The van der Waals surface area contributed by atoms with E-state index >= 15 is 0 Å². The van der Waals surface area contributed by atoms with Crippen molar-refractivity contribution in [3.63, 3.8) is 0 Å².